The van der Waals surface area contributed by atoms with Gasteiger partial charge in [-0.05, 0) is 69.3 Å². The maximum absolute atomic E-state index is 14.6. The van der Waals surface area contributed by atoms with E-state index in [4.69, 9.17) is 14.9 Å². The molecule has 0 saturated heterocycles. The van der Waals surface area contributed by atoms with Crippen LogP contribution in [0.5, 0.6) is 5.75 Å². The van der Waals surface area contributed by atoms with Crippen LogP contribution >= 0.6 is 12.4 Å². The summed E-state index contributed by atoms with van der Waals surface area (Å²) in [4.78, 5) is 11.8. The van der Waals surface area contributed by atoms with Gasteiger partial charge in [-0.25, -0.2) is 12.8 Å². The van der Waals surface area contributed by atoms with Crippen molar-refractivity contribution in [3.05, 3.63) is 60.1 Å². The van der Waals surface area contributed by atoms with E-state index in [1.165, 1.54) is 45.2 Å². The largest absolute Gasteiger partial charge is 0.495 e. The number of carbonyl (C=O) groups excluding carboxylic acids is 1. The minimum atomic E-state index is -4.17. The van der Waals surface area contributed by atoms with Crippen LogP contribution in [0.2, 0.25) is 0 Å². The molecule has 0 aliphatic rings. The number of hydrogen-bond donors (Lipinski definition) is 3. The fourth-order valence-corrected chi connectivity index (χ4v) is 3.88. The highest BCUT2D eigenvalue weighted by Gasteiger charge is 2.23. The molecule has 0 aliphatic heterocycles. The summed E-state index contributed by atoms with van der Waals surface area (Å²) >= 11 is 0. The number of rotatable bonds is 7. The molecule has 4 N–H and O–H groups in total. The second kappa shape index (κ2) is 9.82. The van der Waals surface area contributed by atoms with Crippen molar-refractivity contribution in [2.24, 2.45) is 5.73 Å². The fourth-order valence-electron chi connectivity index (χ4n) is 2.80. The number of benzene rings is 2. The predicted molar refractivity (Wildman–Crippen MR) is 127 cm³/mol. The zero-order chi connectivity index (χ0) is 23.7. The van der Waals surface area contributed by atoms with E-state index in [2.05, 4.69) is 10.0 Å². The molecule has 8 nitrogen and oxygen atoms in total. The minimum absolute atomic E-state index is 0. The van der Waals surface area contributed by atoms with Crippen LogP contribution in [0.4, 0.5) is 15.8 Å². The van der Waals surface area contributed by atoms with Gasteiger partial charge >= 0.3 is 0 Å². The van der Waals surface area contributed by atoms with E-state index in [1.807, 2.05) is 0 Å². The molecule has 0 radical (unpaired) electrons. The van der Waals surface area contributed by atoms with Gasteiger partial charge in [0.2, 0.25) is 5.91 Å². The number of methoxy groups -OCH3 is 1. The first-order valence-corrected chi connectivity index (χ1v) is 11.1. The highest BCUT2D eigenvalue weighted by Crippen LogP contribution is 2.32. The van der Waals surface area contributed by atoms with Crippen molar-refractivity contribution in [2.75, 3.05) is 17.1 Å². The Morgan fingerprint density at radius 3 is 2.36 bits per heavy atom. The van der Waals surface area contributed by atoms with Crippen LogP contribution < -0.4 is 20.5 Å². The summed E-state index contributed by atoms with van der Waals surface area (Å²) in [5, 5.41) is 2.61. The average Bonchev–Trinajstić information content (AvgIpc) is 3.13. The first kappa shape index (κ1) is 26.2. The molecule has 0 aliphatic carbocycles. The summed E-state index contributed by atoms with van der Waals surface area (Å²) in [7, 11) is -2.80. The quantitative estimate of drug-likeness (QED) is 0.447. The summed E-state index contributed by atoms with van der Waals surface area (Å²) in [6, 6.07) is 11.2. The maximum atomic E-state index is 14.6. The summed E-state index contributed by atoms with van der Waals surface area (Å²) in [6.45, 7) is 4.80. The molecule has 3 aromatic rings. The van der Waals surface area contributed by atoms with Crippen molar-refractivity contribution >= 4 is 39.7 Å². The normalized spacial score (nSPS) is 11.5. The number of aryl methyl sites for hydroxylation is 1. The van der Waals surface area contributed by atoms with Gasteiger partial charge in [-0.3, -0.25) is 9.52 Å². The summed E-state index contributed by atoms with van der Waals surface area (Å²) in [5.41, 5.74) is 5.16. The van der Waals surface area contributed by atoms with E-state index in [1.54, 1.807) is 25.1 Å². The van der Waals surface area contributed by atoms with Gasteiger partial charge in [0, 0.05) is 5.69 Å². The van der Waals surface area contributed by atoms with Gasteiger partial charge in [0.05, 0.1) is 28.8 Å². The molecule has 0 atom stereocenters. The third-order valence-corrected chi connectivity index (χ3v) is 5.91. The van der Waals surface area contributed by atoms with Crippen molar-refractivity contribution in [3.63, 3.8) is 0 Å². The molecular weight excluding hydrogens is 473 g/mol. The Labute approximate surface area is 197 Å². The lowest BCUT2D eigenvalue weighted by Gasteiger charge is -2.19. The number of nitrogens with two attached hydrogens (primary N) is 1. The topological polar surface area (TPSA) is 124 Å². The molecular formula is C22H25ClFN3O5S. The Morgan fingerprint density at radius 2 is 1.82 bits per heavy atom. The van der Waals surface area contributed by atoms with Crippen molar-refractivity contribution < 1.29 is 26.8 Å². The van der Waals surface area contributed by atoms with Gasteiger partial charge in [0.25, 0.3) is 10.0 Å². The lowest BCUT2D eigenvalue weighted by atomic mass is 10.1. The van der Waals surface area contributed by atoms with Crippen molar-refractivity contribution in [3.8, 4) is 17.1 Å². The Morgan fingerprint density at radius 1 is 1.12 bits per heavy atom. The molecule has 1 aromatic heterocycles. The molecule has 0 fully saturated rings. The number of nitrogens with one attached hydrogen (secondary N) is 2. The molecule has 33 heavy (non-hydrogen) atoms. The summed E-state index contributed by atoms with van der Waals surface area (Å²) < 4.78 is 53.4. The Bertz CT molecular complexity index is 1270. The SMILES string of the molecule is COc1ccc(NC(=O)C(C)(C)N)cc1NS(=O)(=O)c1ccc(-c2ccc(C)o2)c(F)c1.Cl. The molecule has 0 spiro atoms. The van der Waals surface area contributed by atoms with Crippen molar-refractivity contribution in [1.82, 2.24) is 0 Å². The van der Waals surface area contributed by atoms with Crippen LogP contribution in [-0.2, 0) is 14.8 Å². The van der Waals surface area contributed by atoms with E-state index in [-0.39, 0.29) is 34.3 Å². The maximum Gasteiger partial charge on any atom is 0.262 e. The number of hydrogen-bond acceptors (Lipinski definition) is 6. The van der Waals surface area contributed by atoms with E-state index in [0.717, 1.165) is 6.07 Å². The zero-order valence-electron chi connectivity index (χ0n) is 18.4. The molecule has 178 valence electrons. The van der Waals surface area contributed by atoms with Gasteiger partial charge in [0.1, 0.15) is 23.1 Å². The molecule has 3 rings (SSSR count). The molecule has 0 bridgehead atoms. The average molecular weight is 498 g/mol. The highest BCUT2D eigenvalue weighted by atomic mass is 35.5. The molecule has 0 unspecified atom stereocenters. The Kier molecular flexibility index (Phi) is 7.79. The van der Waals surface area contributed by atoms with Gasteiger partial charge in [-0.15, -0.1) is 12.4 Å². The van der Waals surface area contributed by atoms with E-state index < -0.39 is 27.3 Å². The third-order valence-electron chi connectivity index (χ3n) is 4.54. The molecule has 0 saturated carbocycles. The van der Waals surface area contributed by atoms with E-state index >= 15 is 0 Å². The zero-order valence-corrected chi connectivity index (χ0v) is 20.1. The number of halogens is 2. The standard InChI is InChI=1S/C22H24FN3O5S.ClH/c1-13-5-9-19(31-13)16-8-7-15(12-17(16)23)32(28,29)26-18-11-14(6-10-20(18)30-4)25-21(27)22(2,3)24;/h5-12,26H,24H2,1-4H3,(H,25,27);1H. The molecule has 11 heteroatoms. The highest BCUT2D eigenvalue weighted by molar-refractivity contribution is 7.92. The third kappa shape index (κ3) is 6.04. The first-order chi connectivity index (χ1) is 14.9. The summed E-state index contributed by atoms with van der Waals surface area (Å²) in [6.07, 6.45) is 0. The fraction of sp³-hybridized carbons (Fsp3) is 0.227. The molecule has 2 aromatic carbocycles. The number of amides is 1. The second-order valence-electron chi connectivity index (χ2n) is 7.75. The smallest absolute Gasteiger partial charge is 0.262 e. The number of anilines is 2. The predicted octanol–water partition coefficient (Wildman–Crippen LogP) is 4.30. The molecule has 1 heterocycles. The van der Waals surface area contributed by atoms with Gasteiger partial charge < -0.3 is 20.2 Å². The Balaban J connectivity index is 0.00000385. The number of carbonyl (C=O) groups is 1. The first-order valence-electron chi connectivity index (χ1n) is 9.58. The van der Waals surface area contributed by atoms with Crippen molar-refractivity contribution in [1.29, 1.82) is 0 Å². The van der Waals surface area contributed by atoms with Gasteiger partial charge in [-0.2, -0.15) is 0 Å². The molecule has 1 amide bonds. The monoisotopic (exact) mass is 497 g/mol. The second-order valence-corrected chi connectivity index (χ2v) is 9.43. The van der Waals surface area contributed by atoms with Crippen LogP contribution in [0.15, 0.2) is 57.8 Å². The van der Waals surface area contributed by atoms with E-state index in [9.17, 15) is 17.6 Å². The minimum Gasteiger partial charge on any atom is -0.495 e. The van der Waals surface area contributed by atoms with Gasteiger partial charge in [-0.1, -0.05) is 0 Å². The van der Waals surface area contributed by atoms with Crippen LogP contribution in [0.1, 0.15) is 19.6 Å². The lowest BCUT2D eigenvalue weighted by molar-refractivity contribution is -0.120. The Hall–Kier alpha value is -3.08. The van der Waals surface area contributed by atoms with Crippen molar-refractivity contribution in [2.45, 2.75) is 31.2 Å². The van der Waals surface area contributed by atoms with Crippen LogP contribution in [0.3, 0.4) is 0 Å². The summed E-state index contributed by atoms with van der Waals surface area (Å²) in [5.74, 6) is -0.0934. The number of ether oxygens (including phenoxy) is 1. The number of sulfonamides is 1. The van der Waals surface area contributed by atoms with E-state index in [0.29, 0.717) is 17.2 Å². The van der Waals surface area contributed by atoms with Crippen LogP contribution in [-0.4, -0.2) is 27.0 Å². The van der Waals surface area contributed by atoms with Gasteiger partial charge in [0.15, 0.2) is 0 Å². The number of furan rings is 1. The van der Waals surface area contributed by atoms with Crippen LogP contribution in [0.25, 0.3) is 11.3 Å². The lowest BCUT2D eigenvalue weighted by Crippen LogP contribution is -2.45. The van der Waals surface area contributed by atoms with Crippen LogP contribution in [0, 0.1) is 12.7 Å².